The standard InChI is InChI=1S/C43H29N3S2/c1-43(2)32-18-10-9-17-28(32)29-21-22-30-31-23-24-36-41(48-35-20-12-11-19-34(35)47-36)40(31)46(39(30)38(29)43)37-25-33(26-13-5-3-6-14-26)44-42(45-37)27-15-7-4-8-16-27/h3-25H,1-2H3. The minimum atomic E-state index is -0.205. The van der Waals surface area contributed by atoms with Crippen LogP contribution in [0.3, 0.4) is 0 Å². The molecule has 1 aliphatic carbocycles. The molecule has 2 aromatic heterocycles. The van der Waals surface area contributed by atoms with Gasteiger partial charge >= 0.3 is 0 Å². The largest absolute Gasteiger partial charge is 0.292 e. The van der Waals surface area contributed by atoms with Gasteiger partial charge in [-0.1, -0.05) is 153 Å². The lowest BCUT2D eigenvalue weighted by Crippen LogP contribution is -2.17. The first kappa shape index (κ1) is 28.0. The van der Waals surface area contributed by atoms with Crippen LogP contribution < -0.4 is 0 Å². The zero-order chi connectivity index (χ0) is 32.0. The Hall–Kier alpha value is -5.10. The highest BCUT2D eigenvalue weighted by Gasteiger charge is 2.39. The van der Waals surface area contributed by atoms with Crippen LogP contribution in [-0.2, 0) is 5.41 Å². The monoisotopic (exact) mass is 651 g/mol. The molecule has 0 radical (unpaired) electrons. The second kappa shape index (κ2) is 10.4. The fourth-order valence-electron chi connectivity index (χ4n) is 7.68. The summed E-state index contributed by atoms with van der Waals surface area (Å²) < 4.78 is 2.47. The van der Waals surface area contributed by atoms with Gasteiger partial charge in [0.05, 0.1) is 21.6 Å². The van der Waals surface area contributed by atoms with Gasteiger partial charge in [0, 0.05) is 48.1 Å². The molecule has 0 bridgehead atoms. The van der Waals surface area contributed by atoms with Crippen LogP contribution in [0.4, 0.5) is 0 Å². The van der Waals surface area contributed by atoms with E-state index in [1.165, 1.54) is 63.6 Å². The van der Waals surface area contributed by atoms with Crippen molar-refractivity contribution < 1.29 is 0 Å². The Labute approximate surface area is 287 Å². The zero-order valence-corrected chi connectivity index (χ0v) is 28.1. The number of hydrogen-bond acceptors (Lipinski definition) is 4. The SMILES string of the molecule is CC1(C)c2ccccc2-c2ccc3c4ccc5c(c4n(-c4cc(-c6ccccc6)nc(-c6ccccc6)n4)c3c21)Sc1ccccc1S5. The maximum Gasteiger partial charge on any atom is 0.162 e. The molecule has 0 amide bonds. The summed E-state index contributed by atoms with van der Waals surface area (Å²) in [4.78, 5) is 15.7. The van der Waals surface area contributed by atoms with Crippen LogP contribution in [0.1, 0.15) is 25.0 Å². The molecule has 3 heterocycles. The zero-order valence-electron chi connectivity index (χ0n) is 26.4. The van der Waals surface area contributed by atoms with Crippen LogP contribution in [-0.4, -0.2) is 14.5 Å². The number of benzene rings is 6. The highest BCUT2D eigenvalue weighted by molar-refractivity contribution is 8.05. The average Bonchev–Trinajstić information content (AvgIpc) is 3.60. The van der Waals surface area contributed by atoms with E-state index in [1.54, 1.807) is 0 Å². The molecular weight excluding hydrogens is 623 g/mol. The Morgan fingerprint density at radius 1 is 0.542 bits per heavy atom. The first-order valence-corrected chi connectivity index (χ1v) is 17.9. The summed E-state index contributed by atoms with van der Waals surface area (Å²) in [6, 6.07) is 50.0. The lowest BCUT2D eigenvalue weighted by atomic mass is 9.81. The highest BCUT2D eigenvalue weighted by Crippen LogP contribution is 2.56. The topological polar surface area (TPSA) is 30.7 Å². The predicted octanol–water partition coefficient (Wildman–Crippen LogP) is 11.8. The van der Waals surface area contributed by atoms with E-state index in [9.17, 15) is 0 Å². The van der Waals surface area contributed by atoms with E-state index in [1.807, 2.05) is 29.6 Å². The van der Waals surface area contributed by atoms with Crippen LogP contribution in [0.25, 0.3) is 61.4 Å². The normalized spacial score (nSPS) is 14.0. The molecule has 1 aliphatic heterocycles. The summed E-state index contributed by atoms with van der Waals surface area (Å²) in [5, 5.41) is 2.49. The Morgan fingerprint density at radius 2 is 1.19 bits per heavy atom. The molecule has 2 aliphatic rings. The lowest BCUT2D eigenvalue weighted by Gasteiger charge is -2.24. The Kier molecular flexibility index (Phi) is 6.09. The van der Waals surface area contributed by atoms with Gasteiger partial charge in [0.1, 0.15) is 5.82 Å². The lowest BCUT2D eigenvalue weighted by molar-refractivity contribution is 0.663. The summed E-state index contributed by atoms with van der Waals surface area (Å²) in [7, 11) is 0. The molecule has 3 nitrogen and oxygen atoms in total. The molecule has 228 valence electrons. The molecule has 0 N–H and O–H groups in total. The Morgan fingerprint density at radius 3 is 1.98 bits per heavy atom. The van der Waals surface area contributed by atoms with E-state index in [-0.39, 0.29) is 5.41 Å². The number of fused-ring (bicyclic) bond motifs is 10. The summed E-state index contributed by atoms with van der Waals surface area (Å²) in [6.07, 6.45) is 0. The Bertz CT molecular complexity index is 2530. The average molecular weight is 652 g/mol. The molecule has 10 rings (SSSR count). The maximum atomic E-state index is 5.42. The molecule has 0 saturated heterocycles. The van der Waals surface area contributed by atoms with Crippen LogP contribution in [0, 0.1) is 0 Å². The smallest absolute Gasteiger partial charge is 0.162 e. The van der Waals surface area contributed by atoms with Gasteiger partial charge in [-0.05, 0) is 40.5 Å². The van der Waals surface area contributed by atoms with Crippen molar-refractivity contribution in [2.24, 2.45) is 0 Å². The van der Waals surface area contributed by atoms with Crippen LogP contribution in [0.2, 0.25) is 0 Å². The quantitative estimate of drug-likeness (QED) is 0.190. The van der Waals surface area contributed by atoms with Gasteiger partial charge in [-0.3, -0.25) is 4.57 Å². The number of nitrogens with zero attached hydrogens (tertiary/aromatic N) is 3. The predicted molar refractivity (Wildman–Crippen MR) is 199 cm³/mol. The van der Waals surface area contributed by atoms with Gasteiger partial charge in [-0.2, -0.15) is 0 Å². The molecule has 0 fully saturated rings. The fourth-order valence-corrected chi connectivity index (χ4v) is 10.1. The third kappa shape index (κ3) is 4.04. The third-order valence-corrected chi connectivity index (χ3v) is 12.4. The van der Waals surface area contributed by atoms with E-state index in [0.717, 1.165) is 22.6 Å². The Balaban J connectivity index is 1.37. The van der Waals surface area contributed by atoms with Crippen LogP contribution >= 0.6 is 23.5 Å². The van der Waals surface area contributed by atoms with Crippen molar-refractivity contribution in [3.8, 4) is 39.6 Å². The molecular formula is C43H29N3S2. The van der Waals surface area contributed by atoms with Crippen molar-refractivity contribution in [2.75, 3.05) is 0 Å². The van der Waals surface area contributed by atoms with E-state index >= 15 is 0 Å². The minimum Gasteiger partial charge on any atom is -0.292 e. The van der Waals surface area contributed by atoms with Gasteiger partial charge in [-0.25, -0.2) is 9.97 Å². The summed E-state index contributed by atoms with van der Waals surface area (Å²) >= 11 is 3.73. The first-order chi connectivity index (χ1) is 23.6. The molecule has 6 aromatic carbocycles. The van der Waals surface area contributed by atoms with Crippen molar-refractivity contribution in [1.29, 1.82) is 0 Å². The van der Waals surface area contributed by atoms with Crippen LogP contribution in [0.5, 0.6) is 0 Å². The molecule has 48 heavy (non-hydrogen) atoms. The fraction of sp³-hybridized carbons (Fsp3) is 0.0698. The first-order valence-electron chi connectivity index (χ1n) is 16.3. The summed E-state index contributed by atoms with van der Waals surface area (Å²) in [6.45, 7) is 4.75. The molecule has 0 unspecified atom stereocenters. The van der Waals surface area contributed by atoms with Crippen molar-refractivity contribution in [1.82, 2.24) is 14.5 Å². The van der Waals surface area contributed by atoms with E-state index in [2.05, 4.69) is 152 Å². The highest BCUT2D eigenvalue weighted by atomic mass is 32.2. The van der Waals surface area contributed by atoms with E-state index < -0.39 is 0 Å². The van der Waals surface area contributed by atoms with E-state index in [0.29, 0.717) is 5.82 Å². The molecule has 5 heteroatoms. The molecule has 0 spiro atoms. The number of aromatic nitrogens is 3. The van der Waals surface area contributed by atoms with Crippen molar-refractivity contribution in [3.05, 3.63) is 151 Å². The second-order valence-corrected chi connectivity index (χ2v) is 15.1. The van der Waals surface area contributed by atoms with Gasteiger partial charge in [0.25, 0.3) is 0 Å². The van der Waals surface area contributed by atoms with Crippen molar-refractivity contribution >= 4 is 45.3 Å². The third-order valence-electron chi connectivity index (χ3n) is 9.85. The van der Waals surface area contributed by atoms with E-state index in [4.69, 9.17) is 9.97 Å². The summed E-state index contributed by atoms with van der Waals surface area (Å²) in [5.41, 5.74) is 10.5. The number of hydrogen-bond donors (Lipinski definition) is 0. The second-order valence-electron chi connectivity index (χ2n) is 13.0. The van der Waals surface area contributed by atoms with Gasteiger partial charge in [-0.15, -0.1) is 0 Å². The summed E-state index contributed by atoms with van der Waals surface area (Å²) in [5.74, 6) is 1.59. The number of rotatable bonds is 3. The maximum absolute atomic E-state index is 5.42. The van der Waals surface area contributed by atoms with Crippen LogP contribution in [0.15, 0.2) is 159 Å². The van der Waals surface area contributed by atoms with Gasteiger partial charge < -0.3 is 0 Å². The van der Waals surface area contributed by atoms with Crippen molar-refractivity contribution in [2.45, 2.75) is 38.8 Å². The van der Waals surface area contributed by atoms with Gasteiger partial charge in [0.2, 0.25) is 0 Å². The minimum absolute atomic E-state index is 0.205. The molecule has 8 aromatic rings. The molecule has 0 atom stereocenters. The van der Waals surface area contributed by atoms with Crippen molar-refractivity contribution in [3.63, 3.8) is 0 Å². The molecule has 0 saturated carbocycles. The van der Waals surface area contributed by atoms with Gasteiger partial charge in [0.15, 0.2) is 5.82 Å².